The Morgan fingerprint density at radius 3 is 2.68 bits per heavy atom. The zero-order valence-corrected chi connectivity index (χ0v) is 13.2. The summed E-state index contributed by atoms with van der Waals surface area (Å²) in [6, 6.07) is 2.28. The van der Waals surface area contributed by atoms with Gasteiger partial charge >= 0.3 is 0 Å². The molecule has 2 fully saturated rings. The molecule has 3 nitrogen and oxygen atoms in total. The second-order valence-corrected chi connectivity index (χ2v) is 6.26. The van der Waals surface area contributed by atoms with Crippen LogP contribution in [0.1, 0.15) is 52.9 Å². The number of fused-ring (bicyclic) bond motifs is 1. The van der Waals surface area contributed by atoms with Crippen LogP contribution in [-0.2, 0) is 0 Å². The molecule has 0 aromatic rings. The Labute approximate surface area is 119 Å². The van der Waals surface area contributed by atoms with Crippen molar-refractivity contribution < 1.29 is 0 Å². The van der Waals surface area contributed by atoms with Crippen molar-refractivity contribution in [1.29, 1.82) is 0 Å². The van der Waals surface area contributed by atoms with E-state index in [-0.39, 0.29) is 0 Å². The number of hydrogen-bond donors (Lipinski definition) is 1. The lowest BCUT2D eigenvalue weighted by Crippen LogP contribution is -2.58. The van der Waals surface area contributed by atoms with Crippen LogP contribution >= 0.6 is 0 Å². The van der Waals surface area contributed by atoms with E-state index in [1.807, 2.05) is 0 Å². The molecule has 2 rings (SSSR count). The molecule has 3 atom stereocenters. The molecule has 2 aliphatic heterocycles. The fourth-order valence-corrected chi connectivity index (χ4v) is 4.12. The normalized spacial score (nSPS) is 28.3. The summed E-state index contributed by atoms with van der Waals surface area (Å²) in [5.74, 6) is 0. The first-order valence-corrected chi connectivity index (χ1v) is 8.51. The van der Waals surface area contributed by atoms with Crippen molar-refractivity contribution in [3.05, 3.63) is 0 Å². The third-order valence-corrected chi connectivity index (χ3v) is 5.04. The Morgan fingerprint density at radius 1 is 1.16 bits per heavy atom. The summed E-state index contributed by atoms with van der Waals surface area (Å²) in [4.78, 5) is 5.50. The highest BCUT2D eigenvalue weighted by Crippen LogP contribution is 2.25. The van der Waals surface area contributed by atoms with Crippen LogP contribution in [0.2, 0.25) is 0 Å². The number of piperazine rings is 1. The largest absolute Gasteiger partial charge is 0.313 e. The topological polar surface area (TPSA) is 18.5 Å². The average Bonchev–Trinajstić information content (AvgIpc) is 2.87. The predicted molar refractivity (Wildman–Crippen MR) is 82.6 cm³/mol. The highest BCUT2D eigenvalue weighted by molar-refractivity contribution is 4.92. The maximum atomic E-state index is 3.74. The Morgan fingerprint density at radius 2 is 2.00 bits per heavy atom. The quantitative estimate of drug-likeness (QED) is 0.764. The monoisotopic (exact) mass is 267 g/mol. The van der Waals surface area contributed by atoms with Crippen LogP contribution in [0.15, 0.2) is 0 Å². The standard InChI is InChI=1S/C16H33N3/c1-4-8-15(17-6-3)16(5-2)19-12-11-18-10-7-9-14(18)13-19/h14-17H,4-13H2,1-3H3. The van der Waals surface area contributed by atoms with Crippen molar-refractivity contribution in [3.8, 4) is 0 Å². The van der Waals surface area contributed by atoms with Gasteiger partial charge in [0.05, 0.1) is 0 Å². The molecule has 112 valence electrons. The van der Waals surface area contributed by atoms with Gasteiger partial charge in [-0.15, -0.1) is 0 Å². The van der Waals surface area contributed by atoms with E-state index < -0.39 is 0 Å². The Hall–Kier alpha value is -0.120. The van der Waals surface area contributed by atoms with Gasteiger partial charge in [-0.25, -0.2) is 0 Å². The van der Waals surface area contributed by atoms with Gasteiger partial charge in [0, 0.05) is 37.8 Å². The molecule has 2 heterocycles. The van der Waals surface area contributed by atoms with Crippen LogP contribution in [0.5, 0.6) is 0 Å². The molecule has 2 saturated heterocycles. The summed E-state index contributed by atoms with van der Waals surface area (Å²) in [6.07, 6.45) is 6.73. The van der Waals surface area contributed by atoms with Crippen molar-refractivity contribution in [3.63, 3.8) is 0 Å². The number of rotatable bonds is 7. The molecule has 0 aliphatic carbocycles. The van der Waals surface area contributed by atoms with Gasteiger partial charge in [-0.05, 0) is 38.8 Å². The van der Waals surface area contributed by atoms with Gasteiger partial charge in [0.1, 0.15) is 0 Å². The molecular formula is C16H33N3. The van der Waals surface area contributed by atoms with Gasteiger partial charge in [0.25, 0.3) is 0 Å². The minimum atomic E-state index is 0.688. The third kappa shape index (κ3) is 3.71. The first kappa shape index (κ1) is 15.3. The second kappa shape index (κ2) is 7.61. The van der Waals surface area contributed by atoms with Crippen LogP contribution in [0.4, 0.5) is 0 Å². The summed E-state index contributed by atoms with van der Waals surface area (Å²) in [7, 11) is 0. The molecule has 3 heteroatoms. The summed E-state index contributed by atoms with van der Waals surface area (Å²) in [6.45, 7) is 13.3. The highest BCUT2D eigenvalue weighted by atomic mass is 15.3. The molecule has 0 aromatic heterocycles. The van der Waals surface area contributed by atoms with E-state index in [0.29, 0.717) is 6.04 Å². The SMILES string of the molecule is CCCC(NCC)C(CC)N1CCN2CCCC2C1. The highest BCUT2D eigenvalue weighted by Gasteiger charge is 2.34. The third-order valence-electron chi connectivity index (χ3n) is 5.04. The zero-order valence-electron chi connectivity index (χ0n) is 13.2. The fraction of sp³-hybridized carbons (Fsp3) is 1.00. The molecule has 3 unspecified atom stereocenters. The molecule has 0 radical (unpaired) electrons. The Kier molecular flexibility index (Phi) is 6.11. The van der Waals surface area contributed by atoms with E-state index >= 15 is 0 Å². The smallest absolute Gasteiger partial charge is 0.0247 e. The lowest BCUT2D eigenvalue weighted by atomic mass is 9.97. The summed E-state index contributed by atoms with van der Waals surface area (Å²) in [5.41, 5.74) is 0. The van der Waals surface area contributed by atoms with Crippen LogP contribution in [0.25, 0.3) is 0 Å². The molecular weight excluding hydrogens is 234 g/mol. The molecule has 19 heavy (non-hydrogen) atoms. The summed E-state index contributed by atoms with van der Waals surface area (Å²) < 4.78 is 0. The maximum Gasteiger partial charge on any atom is 0.0247 e. The van der Waals surface area contributed by atoms with Crippen LogP contribution in [0.3, 0.4) is 0 Å². The van der Waals surface area contributed by atoms with Crippen LogP contribution in [-0.4, -0.2) is 60.6 Å². The van der Waals surface area contributed by atoms with E-state index in [0.717, 1.165) is 18.6 Å². The van der Waals surface area contributed by atoms with E-state index in [1.54, 1.807) is 0 Å². The molecule has 0 saturated carbocycles. The lowest BCUT2D eigenvalue weighted by molar-refractivity contribution is 0.0534. The lowest BCUT2D eigenvalue weighted by Gasteiger charge is -2.44. The zero-order chi connectivity index (χ0) is 13.7. The van der Waals surface area contributed by atoms with Gasteiger partial charge in [-0.3, -0.25) is 9.80 Å². The number of nitrogens with one attached hydrogen (secondary N) is 1. The first-order valence-electron chi connectivity index (χ1n) is 8.51. The summed E-state index contributed by atoms with van der Waals surface area (Å²) >= 11 is 0. The Balaban J connectivity index is 1.95. The fourth-order valence-electron chi connectivity index (χ4n) is 4.12. The van der Waals surface area contributed by atoms with Crippen molar-refractivity contribution in [2.45, 2.75) is 71.0 Å². The van der Waals surface area contributed by atoms with E-state index in [2.05, 4.69) is 35.9 Å². The summed E-state index contributed by atoms with van der Waals surface area (Å²) in [5, 5.41) is 3.74. The Bertz CT molecular complexity index is 250. The minimum absolute atomic E-state index is 0.688. The van der Waals surface area contributed by atoms with Crippen molar-refractivity contribution in [2.75, 3.05) is 32.7 Å². The van der Waals surface area contributed by atoms with Gasteiger partial charge in [-0.2, -0.15) is 0 Å². The van der Waals surface area contributed by atoms with E-state index in [1.165, 1.54) is 58.3 Å². The van der Waals surface area contributed by atoms with E-state index in [4.69, 9.17) is 0 Å². The van der Waals surface area contributed by atoms with Crippen LogP contribution in [0, 0.1) is 0 Å². The first-order chi connectivity index (χ1) is 9.30. The molecule has 1 N–H and O–H groups in total. The molecule has 0 bridgehead atoms. The van der Waals surface area contributed by atoms with Gasteiger partial charge < -0.3 is 5.32 Å². The van der Waals surface area contributed by atoms with E-state index in [9.17, 15) is 0 Å². The number of hydrogen-bond acceptors (Lipinski definition) is 3. The second-order valence-electron chi connectivity index (χ2n) is 6.26. The van der Waals surface area contributed by atoms with Crippen molar-refractivity contribution in [1.82, 2.24) is 15.1 Å². The van der Waals surface area contributed by atoms with Crippen LogP contribution < -0.4 is 5.32 Å². The minimum Gasteiger partial charge on any atom is -0.313 e. The number of likely N-dealkylation sites (N-methyl/N-ethyl adjacent to an activating group) is 1. The van der Waals surface area contributed by atoms with Gasteiger partial charge in [0.2, 0.25) is 0 Å². The van der Waals surface area contributed by atoms with Crippen molar-refractivity contribution >= 4 is 0 Å². The molecule has 0 amide bonds. The number of nitrogens with zero attached hydrogens (tertiary/aromatic N) is 2. The predicted octanol–water partition coefficient (Wildman–Crippen LogP) is 2.32. The van der Waals surface area contributed by atoms with Gasteiger partial charge in [-0.1, -0.05) is 27.2 Å². The average molecular weight is 267 g/mol. The van der Waals surface area contributed by atoms with Crippen molar-refractivity contribution in [2.24, 2.45) is 0 Å². The molecule has 0 aromatic carbocycles. The molecule has 2 aliphatic rings. The van der Waals surface area contributed by atoms with Gasteiger partial charge in [0.15, 0.2) is 0 Å². The molecule has 0 spiro atoms. The maximum absolute atomic E-state index is 3.74.